The topological polar surface area (TPSA) is 93.1 Å². The molecule has 3 aromatic rings. The molecule has 0 aliphatic carbocycles. The minimum atomic E-state index is -3.81. The molecule has 2 aromatic carbocycles. The number of hydrogen-bond donors (Lipinski definition) is 2. The number of sulfonamides is 1. The highest BCUT2D eigenvalue weighted by atomic mass is 35.5. The summed E-state index contributed by atoms with van der Waals surface area (Å²) >= 11 is 5.78. The molecule has 2 N–H and O–H groups in total. The Labute approximate surface area is 168 Å². The Morgan fingerprint density at radius 2 is 1.86 bits per heavy atom. The summed E-state index contributed by atoms with van der Waals surface area (Å²) in [6.45, 7) is 4.30. The average molecular weight is 421 g/mol. The lowest BCUT2D eigenvalue weighted by Crippen LogP contribution is -2.45. The number of carbonyl (C=O) groups is 1. The van der Waals surface area contributed by atoms with Gasteiger partial charge in [-0.15, -0.1) is 0 Å². The van der Waals surface area contributed by atoms with E-state index < -0.39 is 22.0 Å². The molecule has 7 nitrogen and oxygen atoms in total. The quantitative estimate of drug-likeness (QED) is 0.614. The molecule has 148 valence electrons. The van der Waals surface area contributed by atoms with E-state index in [9.17, 15) is 13.2 Å². The van der Waals surface area contributed by atoms with Crippen LogP contribution in [0.15, 0.2) is 53.4 Å². The van der Waals surface area contributed by atoms with Crippen molar-refractivity contribution in [3.8, 4) is 0 Å². The van der Waals surface area contributed by atoms with Gasteiger partial charge in [0.2, 0.25) is 15.9 Å². The summed E-state index contributed by atoms with van der Waals surface area (Å²) < 4.78 is 29.1. The van der Waals surface area contributed by atoms with E-state index in [1.807, 2.05) is 35.8 Å². The highest BCUT2D eigenvalue weighted by Crippen LogP contribution is 2.15. The molecule has 1 heterocycles. The van der Waals surface area contributed by atoms with Gasteiger partial charge in [-0.25, -0.2) is 13.4 Å². The van der Waals surface area contributed by atoms with Crippen molar-refractivity contribution in [1.82, 2.24) is 19.6 Å². The number of fused-ring (bicyclic) bond motifs is 1. The first-order valence-corrected chi connectivity index (χ1v) is 10.6. The molecule has 0 aliphatic heterocycles. The van der Waals surface area contributed by atoms with Crippen LogP contribution in [0.2, 0.25) is 5.02 Å². The van der Waals surface area contributed by atoms with Gasteiger partial charge in [0.25, 0.3) is 0 Å². The van der Waals surface area contributed by atoms with Crippen LogP contribution in [0.3, 0.4) is 0 Å². The van der Waals surface area contributed by atoms with Gasteiger partial charge >= 0.3 is 0 Å². The summed E-state index contributed by atoms with van der Waals surface area (Å²) in [5.41, 5.74) is 1.89. The number of aryl methyl sites for hydroxylation is 1. The molecule has 0 saturated carbocycles. The zero-order valence-electron chi connectivity index (χ0n) is 15.5. The predicted octanol–water partition coefficient (Wildman–Crippen LogP) is 2.48. The molecule has 0 bridgehead atoms. The summed E-state index contributed by atoms with van der Waals surface area (Å²) in [4.78, 5) is 16.8. The molecule has 0 unspecified atom stereocenters. The number of para-hydroxylation sites is 2. The minimum Gasteiger partial charge on any atom is -0.353 e. The van der Waals surface area contributed by atoms with Crippen molar-refractivity contribution in [3.63, 3.8) is 0 Å². The van der Waals surface area contributed by atoms with E-state index >= 15 is 0 Å². The predicted molar refractivity (Wildman–Crippen MR) is 109 cm³/mol. The van der Waals surface area contributed by atoms with E-state index in [-0.39, 0.29) is 4.90 Å². The van der Waals surface area contributed by atoms with Crippen LogP contribution in [0, 0.1) is 6.92 Å². The molecular weight excluding hydrogens is 400 g/mol. The zero-order valence-corrected chi connectivity index (χ0v) is 17.1. The molecular formula is C19H21ClN4O3S. The fourth-order valence-electron chi connectivity index (χ4n) is 2.89. The third kappa shape index (κ3) is 4.52. The first kappa shape index (κ1) is 20.3. The second-order valence-electron chi connectivity index (χ2n) is 6.39. The Kier molecular flexibility index (Phi) is 6.02. The summed E-state index contributed by atoms with van der Waals surface area (Å²) in [7, 11) is -3.81. The van der Waals surface area contributed by atoms with E-state index in [1.54, 1.807) is 0 Å². The van der Waals surface area contributed by atoms with Crippen LogP contribution < -0.4 is 10.0 Å². The number of carbonyl (C=O) groups excluding carboxylic acids is 1. The smallest absolute Gasteiger partial charge is 0.241 e. The highest BCUT2D eigenvalue weighted by Gasteiger charge is 2.21. The van der Waals surface area contributed by atoms with Gasteiger partial charge in [-0.2, -0.15) is 4.72 Å². The van der Waals surface area contributed by atoms with Gasteiger partial charge < -0.3 is 9.88 Å². The third-order valence-corrected chi connectivity index (χ3v) is 6.14. The fraction of sp³-hybridized carbons (Fsp3) is 0.263. The maximum absolute atomic E-state index is 12.4. The standard InChI is InChI=1S/C19H21ClN4O3S/c1-13(23-28(26,27)16-9-7-15(20)8-10-16)19(25)21-11-12-24-14(2)22-17-5-3-4-6-18(17)24/h3-10,13,23H,11-12H2,1-2H3,(H,21,25)/t13-/m0/s1. The number of imidazole rings is 1. The van der Waals surface area contributed by atoms with Gasteiger partial charge in [0.05, 0.1) is 22.0 Å². The largest absolute Gasteiger partial charge is 0.353 e. The lowest BCUT2D eigenvalue weighted by atomic mass is 10.3. The molecule has 0 saturated heterocycles. The first-order chi connectivity index (χ1) is 13.3. The average Bonchev–Trinajstić information content (AvgIpc) is 2.97. The van der Waals surface area contributed by atoms with E-state index in [2.05, 4.69) is 15.0 Å². The number of nitrogens with one attached hydrogen (secondary N) is 2. The van der Waals surface area contributed by atoms with Crippen LogP contribution in [0.25, 0.3) is 11.0 Å². The lowest BCUT2D eigenvalue weighted by Gasteiger charge is -2.15. The van der Waals surface area contributed by atoms with E-state index in [0.29, 0.717) is 18.1 Å². The Morgan fingerprint density at radius 1 is 1.18 bits per heavy atom. The Balaban J connectivity index is 1.58. The maximum atomic E-state index is 12.4. The fourth-order valence-corrected chi connectivity index (χ4v) is 4.22. The number of nitrogens with zero attached hydrogens (tertiary/aromatic N) is 2. The first-order valence-electron chi connectivity index (χ1n) is 8.75. The molecule has 3 rings (SSSR count). The Hall–Kier alpha value is -2.42. The number of rotatable bonds is 7. The molecule has 1 aromatic heterocycles. The minimum absolute atomic E-state index is 0.0528. The molecule has 9 heteroatoms. The van der Waals surface area contributed by atoms with Gasteiger partial charge in [0.15, 0.2) is 0 Å². The number of hydrogen-bond acceptors (Lipinski definition) is 4. The van der Waals surface area contributed by atoms with Gasteiger partial charge in [0.1, 0.15) is 5.82 Å². The normalized spacial score (nSPS) is 12.8. The van der Waals surface area contributed by atoms with Gasteiger partial charge in [-0.05, 0) is 50.2 Å². The highest BCUT2D eigenvalue weighted by molar-refractivity contribution is 7.89. The summed E-state index contributed by atoms with van der Waals surface area (Å²) in [5, 5.41) is 3.20. The Morgan fingerprint density at radius 3 is 2.57 bits per heavy atom. The van der Waals surface area contributed by atoms with Gasteiger partial charge in [-0.3, -0.25) is 4.79 Å². The molecule has 0 spiro atoms. The summed E-state index contributed by atoms with van der Waals surface area (Å²) in [5.74, 6) is 0.451. The SMILES string of the molecule is Cc1nc2ccccc2n1CCNC(=O)[C@H](C)NS(=O)(=O)c1ccc(Cl)cc1. The number of aromatic nitrogens is 2. The van der Waals surface area contributed by atoms with Gasteiger partial charge in [0, 0.05) is 18.1 Å². The molecule has 1 amide bonds. The van der Waals surface area contributed by atoms with Crippen LogP contribution >= 0.6 is 11.6 Å². The Bertz CT molecular complexity index is 1090. The number of amides is 1. The monoisotopic (exact) mass is 420 g/mol. The van der Waals surface area contributed by atoms with Crippen molar-refractivity contribution in [1.29, 1.82) is 0 Å². The van der Waals surface area contributed by atoms with Crippen molar-refractivity contribution in [3.05, 3.63) is 59.4 Å². The van der Waals surface area contributed by atoms with Crippen molar-refractivity contribution in [2.75, 3.05) is 6.54 Å². The maximum Gasteiger partial charge on any atom is 0.241 e. The molecule has 28 heavy (non-hydrogen) atoms. The molecule has 1 atom stereocenters. The molecule has 0 aliphatic rings. The second kappa shape index (κ2) is 8.30. The second-order valence-corrected chi connectivity index (χ2v) is 8.54. The van der Waals surface area contributed by atoms with Crippen LogP contribution in [0.4, 0.5) is 0 Å². The van der Waals surface area contributed by atoms with Crippen LogP contribution in [-0.4, -0.2) is 36.5 Å². The summed E-state index contributed by atoms with van der Waals surface area (Å²) in [6, 6.07) is 12.6. The van der Waals surface area contributed by atoms with Crippen molar-refractivity contribution >= 4 is 38.6 Å². The molecule has 0 radical (unpaired) electrons. The van der Waals surface area contributed by atoms with E-state index in [1.165, 1.54) is 31.2 Å². The van der Waals surface area contributed by atoms with E-state index in [4.69, 9.17) is 11.6 Å². The van der Waals surface area contributed by atoms with Gasteiger partial charge in [-0.1, -0.05) is 23.7 Å². The summed E-state index contributed by atoms with van der Waals surface area (Å²) in [6.07, 6.45) is 0. The number of benzene rings is 2. The van der Waals surface area contributed by atoms with Crippen molar-refractivity contribution in [2.24, 2.45) is 0 Å². The third-order valence-electron chi connectivity index (χ3n) is 4.33. The van der Waals surface area contributed by atoms with Crippen molar-refractivity contribution < 1.29 is 13.2 Å². The van der Waals surface area contributed by atoms with Crippen LogP contribution in [0.1, 0.15) is 12.7 Å². The number of halogens is 1. The van der Waals surface area contributed by atoms with Crippen molar-refractivity contribution in [2.45, 2.75) is 31.3 Å². The lowest BCUT2D eigenvalue weighted by molar-refractivity contribution is -0.122. The van der Waals surface area contributed by atoms with E-state index in [0.717, 1.165) is 16.9 Å². The molecule has 0 fully saturated rings. The van der Waals surface area contributed by atoms with Crippen LogP contribution in [0.5, 0.6) is 0 Å². The zero-order chi connectivity index (χ0) is 20.3. The van der Waals surface area contributed by atoms with Crippen LogP contribution in [-0.2, 0) is 21.4 Å².